The molecule has 1 heterocycles. The summed E-state index contributed by atoms with van der Waals surface area (Å²) < 4.78 is 0. The number of aliphatic hydroxyl groups excluding tert-OH is 3. The van der Waals surface area contributed by atoms with E-state index in [9.17, 15) is 25.5 Å². The van der Waals surface area contributed by atoms with Gasteiger partial charge in [0.1, 0.15) is 0 Å². The lowest BCUT2D eigenvalue weighted by Crippen LogP contribution is -2.25. The van der Waals surface area contributed by atoms with Crippen molar-refractivity contribution in [1.29, 1.82) is 0 Å². The highest BCUT2D eigenvalue weighted by atomic mass is 16.5. The van der Waals surface area contributed by atoms with E-state index in [-0.39, 0.29) is 16.7 Å². The maximum Gasteiger partial charge on any atom is 0.178 e. The van der Waals surface area contributed by atoms with Crippen LogP contribution in [0.2, 0.25) is 0 Å². The first kappa shape index (κ1) is 37.9. The normalized spacial score (nSPS) is 19.2. The fourth-order valence-corrected chi connectivity index (χ4v) is 9.21. The molecule has 0 spiro atoms. The molecule has 4 aliphatic rings. The minimum atomic E-state index is -1.52. The zero-order chi connectivity index (χ0) is 40.7. The van der Waals surface area contributed by atoms with Gasteiger partial charge >= 0.3 is 0 Å². The van der Waals surface area contributed by atoms with E-state index in [1.54, 1.807) is 19.1 Å². The van der Waals surface area contributed by atoms with Gasteiger partial charge in [-0.25, -0.2) is 15.0 Å². The molecule has 0 amide bonds. The molecule has 5 N–H and O–H groups in total. The van der Waals surface area contributed by atoms with Crippen molar-refractivity contribution >= 4 is 16.7 Å². The number of aromatic nitrogens is 3. The average Bonchev–Trinajstić information content (AvgIpc) is 3.42. The molecule has 2 unspecified atom stereocenters. The van der Waals surface area contributed by atoms with Gasteiger partial charge in [0.05, 0.1) is 6.10 Å². The molecule has 4 aliphatic carbocycles. The summed E-state index contributed by atoms with van der Waals surface area (Å²) in [4.78, 5) is 15.5. The Hall–Kier alpha value is -5.61. The van der Waals surface area contributed by atoms with Crippen molar-refractivity contribution in [3.8, 4) is 33.9 Å². The Kier molecular flexibility index (Phi) is 9.19. The van der Waals surface area contributed by atoms with E-state index >= 15 is 0 Å². The predicted octanol–water partition coefficient (Wildman–Crippen LogP) is 8.93. The molecule has 4 aromatic carbocycles. The molecule has 292 valence electrons. The van der Waals surface area contributed by atoms with Crippen LogP contribution >= 0.6 is 0 Å². The van der Waals surface area contributed by atoms with Crippen LogP contribution in [0.1, 0.15) is 99.1 Å². The van der Waals surface area contributed by atoms with Gasteiger partial charge in [-0.3, -0.25) is 0 Å². The summed E-state index contributed by atoms with van der Waals surface area (Å²) in [6, 6.07) is 27.9. The summed E-state index contributed by atoms with van der Waals surface area (Å²) in [5, 5.41) is 49.6. The fourth-order valence-electron chi connectivity index (χ4n) is 9.21. The Morgan fingerprint density at radius 2 is 1.21 bits per heavy atom. The first-order valence-electron chi connectivity index (χ1n) is 19.9. The molecule has 0 saturated heterocycles. The van der Waals surface area contributed by atoms with Gasteiger partial charge in [0, 0.05) is 39.0 Å². The Balaban J connectivity index is 1.15. The Labute approximate surface area is 338 Å². The topological polar surface area (TPSA) is 140 Å². The maximum absolute atomic E-state index is 10.4. The second-order valence-corrected chi connectivity index (χ2v) is 17.0. The number of fused-ring (bicyclic) bond motifs is 4. The van der Waals surface area contributed by atoms with E-state index in [2.05, 4.69) is 76.3 Å². The lowest BCUT2D eigenvalue weighted by Gasteiger charge is -2.29. The van der Waals surface area contributed by atoms with Crippen LogP contribution in [0.5, 0.6) is 0 Å². The summed E-state index contributed by atoms with van der Waals surface area (Å²) in [6.45, 7) is 10.7. The van der Waals surface area contributed by atoms with Gasteiger partial charge < -0.3 is 25.5 Å². The first-order valence-corrected chi connectivity index (χ1v) is 19.9. The zero-order valence-electron chi connectivity index (χ0n) is 33.3. The van der Waals surface area contributed by atoms with Crippen LogP contribution in [-0.4, -0.2) is 46.8 Å². The fraction of sp³-hybridized carbons (Fsp3) is 0.260. The number of nitrogens with zero attached hydrogens (tertiary/aromatic N) is 3. The van der Waals surface area contributed by atoms with Crippen molar-refractivity contribution in [3.63, 3.8) is 0 Å². The molecule has 0 bridgehead atoms. The minimum Gasteiger partial charge on any atom is -0.389 e. The summed E-state index contributed by atoms with van der Waals surface area (Å²) in [7, 11) is 0. The zero-order valence-corrected chi connectivity index (χ0v) is 33.3. The third kappa shape index (κ3) is 6.33. The average molecular weight is 770 g/mol. The van der Waals surface area contributed by atoms with Gasteiger partial charge in [-0.15, -0.1) is 0 Å². The number of hydrogen-bond acceptors (Lipinski definition) is 8. The summed E-state index contributed by atoms with van der Waals surface area (Å²) in [6.07, 6.45) is 8.28. The summed E-state index contributed by atoms with van der Waals surface area (Å²) in [5.41, 5.74) is 14.6. The molecule has 0 aliphatic heterocycles. The molecule has 9 rings (SSSR count). The van der Waals surface area contributed by atoms with Crippen molar-refractivity contribution in [2.24, 2.45) is 5.92 Å². The number of rotatable bonds is 7. The van der Waals surface area contributed by atoms with E-state index in [1.165, 1.54) is 27.8 Å². The Bertz CT molecular complexity index is 2640. The quantitative estimate of drug-likeness (QED) is 0.104. The van der Waals surface area contributed by atoms with E-state index in [4.69, 9.17) is 15.0 Å². The molecule has 0 radical (unpaired) electrons. The third-order valence-electron chi connectivity index (χ3n) is 12.7. The highest BCUT2D eigenvalue weighted by Gasteiger charge is 2.41. The molecule has 58 heavy (non-hydrogen) atoms. The van der Waals surface area contributed by atoms with Gasteiger partial charge in [0.2, 0.25) is 0 Å². The highest BCUT2D eigenvalue weighted by molar-refractivity contribution is 5.90. The SMILES string of the molecule is CC(O)c1ccc2c(c1)C(C)(C)C1=C2CC=CC(c2nc(-c3ccc(-c4ccc(C(O)O)cc4)cc3)nc(-c3ccc4c(c3)C(C)(C)C3=C4C=CC(C(O)O)C3)n2)=C1. The Morgan fingerprint density at radius 1 is 0.621 bits per heavy atom. The molecule has 8 nitrogen and oxygen atoms in total. The predicted molar refractivity (Wildman–Crippen MR) is 227 cm³/mol. The van der Waals surface area contributed by atoms with Gasteiger partial charge in [-0.05, 0) is 87.6 Å². The molecule has 0 saturated carbocycles. The second kappa shape index (κ2) is 14.0. The molecule has 2 atom stereocenters. The minimum absolute atomic E-state index is 0.313. The maximum atomic E-state index is 10.4. The molecule has 5 aromatic rings. The third-order valence-corrected chi connectivity index (χ3v) is 12.7. The van der Waals surface area contributed by atoms with Crippen LogP contribution in [0.25, 0.3) is 50.6 Å². The summed E-state index contributed by atoms with van der Waals surface area (Å²) in [5.74, 6) is 1.29. The number of aliphatic hydroxyl groups is 5. The van der Waals surface area contributed by atoms with Crippen molar-refractivity contribution in [2.75, 3.05) is 0 Å². The van der Waals surface area contributed by atoms with Gasteiger partial charge in [-0.2, -0.15) is 0 Å². The lowest BCUT2D eigenvalue weighted by atomic mass is 9.76. The highest BCUT2D eigenvalue weighted by Crippen LogP contribution is 2.53. The molecule has 0 fully saturated rings. The van der Waals surface area contributed by atoms with Crippen LogP contribution in [0.15, 0.2) is 126 Å². The van der Waals surface area contributed by atoms with Crippen LogP contribution in [0.4, 0.5) is 0 Å². The van der Waals surface area contributed by atoms with Crippen molar-refractivity contribution in [1.82, 2.24) is 15.0 Å². The van der Waals surface area contributed by atoms with Crippen LogP contribution < -0.4 is 0 Å². The standard InChI is InChI=1S/C50H47N3O5/c1-27(54)32-17-20-37-36-8-6-7-33(24-41(36)49(2,3)40(37)23-32)45-51-44(30-13-9-28(10-14-30)29-11-15-31(16-12-29)47(55)56)52-46(53-45)34-18-21-38-39-22-19-35(48(57)58)26-43(39)50(4,5)42(38)25-34/h6-7,9-25,27,35,47-48,54-58H,8,26H2,1-5H3. The second-order valence-electron chi connectivity index (χ2n) is 17.0. The van der Waals surface area contributed by atoms with Gasteiger partial charge in [0.15, 0.2) is 30.1 Å². The largest absolute Gasteiger partial charge is 0.389 e. The van der Waals surface area contributed by atoms with Crippen molar-refractivity contribution < 1.29 is 25.5 Å². The van der Waals surface area contributed by atoms with Crippen LogP contribution in [0, 0.1) is 5.92 Å². The smallest absolute Gasteiger partial charge is 0.178 e. The molecular weight excluding hydrogens is 723 g/mol. The monoisotopic (exact) mass is 769 g/mol. The van der Waals surface area contributed by atoms with Crippen LogP contribution in [-0.2, 0) is 10.8 Å². The van der Waals surface area contributed by atoms with E-state index < -0.39 is 18.7 Å². The van der Waals surface area contributed by atoms with Gasteiger partial charge in [0.25, 0.3) is 0 Å². The van der Waals surface area contributed by atoms with Crippen molar-refractivity contribution in [2.45, 2.75) is 77.0 Å². The van der Waals surface area contributed by atoms with E-state index in [0.29, 0.717) is 29.5 Å². The molecule has 1 aromatic heterocycles. The van der Waals surface area contributed by atoms with E-state index in [1.807, 2.05) is 54.6 Å². The molecule has 8 heteroatoms. The van der Waals surface area contributed by atoms with E-state index in [0.717, 1.165) is 56.5 Å². The number of allylic oxidation sites excluding steroid dienone is 9. The Morgan fingerprint density at radius 3 is 1.88 bits per heavy atom. The molecular formula is C50H47N3O5. The lowest BCUT2D eigenvalue weighted by molar-refractivity contribution is -0.0703. The van der Waals surface area contributed by atoms with Gasteiger partial charge in [-0.1, -0.05) is 136 Å². The van der Waals surface area contributed by atoms with Crippen LogP contribution in [0.3, 0.4) is 0 Å². The van der Waals surface area contributed by atoms with Crippen molar-refractivity contribution in [3.05, 3.63) is 166 Å². The number of benzene rings is 4. The first-order chi connectivity index (χ1) is 27.7. The summed E-state index contributed by atoms with van der Waals surface area (Å²) >= 11 is 0. The number of hydrogen-bond donors (Lipinski definition) is 5.